The quantitative estimate of drug-likeness (QED) is 0.476. The molecule has 0 aliphatic rings. The van der Waals surface area contributed by atoms with Crippen LogP contribution >= 0.6 is 11.8 Å². The van der Waals surface area contributed by atoms with Gasteiger partial charge in [0.25, 0.3) is 0 Å². The van der Waals surface area contributed by atoms with Crippen molar-refractivity contribution < 1.29 is 9.53 Å². The third-order valence-corrected chi connectivity index (χ3v) is 4.53. The lowest BCUT2D eigenvalue weighted by Crippen LogP contribution is -2.07. The van der Waals surface area contributed by atoms with Crippen molar-refractivity contribution in [1.29, 1.82) is 0 Å². The van der Waals surface area contributed by atoms with Gasteiger partial charge in [-0.15, -0.1) is 10.2 Å². The van der Waals surface area contributed by atoms with E-state index in [1.54, 1.807) is 37.8 Å². The molecule has 8 heteroatoms. The van der Waals surface area contributed by atoms with Crippen LogP contribution in [0.15, 0.2) is 48.0 Å². The number of hydrogen-bond donors (Lipinski definition) is 0. The van der Waals surface area contributed by atoms with Gasteiger partial charge in [0.15, 0.2) is 16.8 Å². The highest BCUT2D eigenvalue weighted by molar-refractivity contribution is 7.99. The molecule has 0 saturated heterocycles. The van der Waals surface area contributed by atoms with Gasteiger partial charge in [-0.25, -0.2) is 4.98 Å². The fraction of sp³-hybridized carbons (Fsp3) is 0.235. The number of benzene rings is 1. The van der Waals surface area contributed by atoms with Gasteiger partial charge in [0, 0.05) is 18.9 Å². The molecule has 0 radical (unpaired) electrons. The minimum absolute atomic E-state index is 0.0193. The average molecular weight is 355 g/mol. The zero-order valence-corrected chi connectivity index (χ0v) is 14.7. The van der Waals surface area contributed by atoms with E-state index in [0.29, 0.717) is 34.5 Å². The predicted molar refractivity (Wildman–Crippen MR) is 94.8 cm³/mol. The number of nitrogens with zero attached hydrogens (tertiary/aromatic N) is 5. The summed E-state index contributed by atoms with van der Waals surface area (Å²) in [6.45, 7) is 2.67. The van der Waals surface area contributed by atoms with Crippen molar-refractivity contribution in [3.63, 3.8) is 0 Å². The maximum Gasteiger partial charge on any atom is 0.191 e. The van der Waals surface area contributed by atoms with Crippen LogP contribution in [0.3, 0.4) is 0 Å². The van der Waals surface area contributed by atoms with Gasteiger partial charge in [0.1, 0.15) is 11.4 Å². The molecule has 0 saturated carbocycles. The Balaban J connectivity index is 1.78. The van der Waals surface area contributed by atoms with Crippen LogP contribution < -0.4 is 4.74 Å². The number of carbonyl (C=O) groups is 1. The van der Waals surface area contributed by atoms with E-state index >= 15 is 0 Å². The first-order chi connectivity index (χ1) is 12.2. The molecule has 0 atom stereocenters. The molecule has 0 aliphatic heterocycles. The van der Waals surface area contributed by atoms with Crippen molar-refractivity contribution in [1.82, 2.24) is 24.7 Å². The summed E-state index contributed by atoms with van der Waals surface area (Å²) in [6, 6.07) is 7.20. The number of thioether (sulfide) groups is 1. The maximum absolute atomic E-state index is 12.5. The van der Waals surface area contributed by atoms with Crippen LogP contribution in [0.5, 0.6) is 5.75 Å². The Hall–Kier alpha value is -2.74. The van der Waals surface area contributed by atoms with Crippen LogP contribution in [-0.2, 0) is 6.54 Å². The summed E-state index contributed by atoms with van der Waals surface area (Å²) >= 11 is 1.35. The number of rotatable bonds is 7. The topological polar surface area (TPSA) is 82.8 Å². The molecule has 0 fully saturated rings. The molecule has 0 spiro atoms. The van der Waals surface area contributed by atoms with Crippen LogP contribution in [0.4, 0.5) is 0 Å². The standard InChI is InChI=1S/C17H17N5O2S/c1-3-22-16(13-10-18-8-9-19-13)20-21-17(22)25-11-14(23)12-6-4-5-7-15(12)24-2/h4-10H,3,11H2,1-2H3. The lowest BCUT2D eigenvalue weighted by molar-refractivity contribution is 0.101. The van der Waals surface area contributed by atoms with Crippen LogP contribution in [0.25, 0.3) is 11.5 Å². The van der Waals surface area contributed by atoms with Crippen molar-refractivity contribution in [3.05, 3.63) is 48.4 Å². The Kier molecular flexibility index (Phi) is 5.39. The molecular formula is C17H17N5O2S. The summed E-state index contributed by atoms with van der Waals surface area (Å²) in [5, 5.41) is 9.06. The summed E-state index contributed by atoms with van der Waals surface area (Å²) < 4.78 is 7.17. The normalized spacial score (nSPS) is 10.6. The van der Waals surface area contributed by atoms with E-state index in [1.165, 1.54) is 11.8 Å². The summed E-state index contributed by atoms with van der Waals surface area (Å²) in [4.78, 5) is 20.8. The summed E-state index contributed by atoms with van der Waals surface area (Å²) in [5.74, 6) is 1.45. The molecule has 3 rings (SSSR count). The number of ketones is 1. The second kappa shape index (κ2) is 7.89. The van der Waals surface area contributed by atoms with Crippen molar-refractivity contribution in [2.24, 2.45) is 0 Å². The van der Waals surface area contributed by atoms with Gasteiger partial charge < -0.3 is 9.30 Å². The fourth-order valence-electron chi connectivity index (χ4n) is 2.37. The molecule has 0 N–H and O–H groups in total. The van der Waals surface area contributed by atoms with Crippen LogP contribution in [-0.4, -0.2) is 43.4 Å². The second-order valence-electron chi connectivity index (χ2n) is 5.05. The molecular weight excluding hydrogens is 338 g/mol. The first-order valence-electron chi connectivity index (χ1n) is 7.73. The Morgan fingerprint density at radius 2 is 2.08 bits per heavy atom. The maximum atomic E-state index is 12.5. The Morgan fingerprint density at radius 1 is 1.24 bits per heavy atom. The molecule has 3 aromatic rings. The number of methoxy groups -OCH3 is 1. The van der Waals surface area contributed by atoms with Gasteiger partial charge in [-0.3, -0.25) is 9.78 Å². The van der Waals surface area contributed by atoms with Gasteiger partial charge in [-0.1, -0.05) is 23.9 Å². The summed E-state index contributed by atoms with van der Waals surface area (Å²) in [7, 11) is 1.56. The van der Waals surface area contributed by atoms with Crippen LogP contribution in [0.1, 0.15) is 17.3 Å². The van der Waals surface area contributed by atoms with Crippen molar-refractivity contribution in [3.8, 4) is 17.3 Å². The monoisotopic (exact) mass is 355 g/mol. The third kappa shape index (κ3) is 3.69. The SMILES string of the molecule is CCn1c(SCC(=O)c2ccccc2OC)nnc1-c1cnccn1. The van der Waals surface area contributed by atoms with E-state index in [1.807, 2.05) is 23.6 Å². The lowest BCUT2D eigenvalue weighted by Gasteiger charge is -2.08. The number of para-hydroxylation sites is 1. The van der Waals surface area contributed by atoms with Gasteiger partial charge in [-0.05, 0) is 19.1 Å². The molecule has 7 nitrogen and oxygen atoms in total. The zero-order chi connectivity index (χ0) is 17.6. The highest BCUT2D eigenvalue weighted by Gasteiger charge is 2.17. The fourth-order valence-corrected chi connectivity index (χ4v) is 3.25. The molecule has 128 valence electrons. The molecule has 0 amide bonds. The first-order valence-corrected chi connectivity index (χ1v) is 8.71. The number of Topliss-reactive ketones (excluding diaryl/α,β-unsaturated/α-hetero) is 1. The molecule has 0 aliphatic carbocycles. The van der Waals surface area contributed by atoms with Gasteiger partial charge >= 0.3 is 0 Å². The van der Waals surface area contributed by atoms with Crippen LogP contribution in [0.2, 0.25) is 0 Å². The minimum Gasteiger partial charge on any atom is -0.496 e. The third-order valence-electron chi connectivity index (χ3n) is 3.57. The Labute approximate surface area is 149 Å². The summed E-state index contributed by atoms with van der Waals surface area (Å²) in [6.07, 6.45) is 4.87. The van der Waals surface area contributed by atoms with Gasteiger partial charge in [0.2, 0.25) is 0 Å². The number of hydrogen-bond acceptors (Lipinski definition) is 7. The van der Waals surface area contributed by atoms with Gasteiger partial charge in [0.05, 0.1) is 24.6 Å². The highest BCUT2D eigenvalue weighted by atomic mass is 32.2. The number of aromatic nitrogens is 5. The predicted octanol–water partition coefficient (Wildman–Crippen LogP) is 2.74. The van der Waals surface area contributed by atoms with E-state index in [-0.39, 0.29) is 11.5 Å². The summed E-state index contributed by atoms with van der Waals surface area (Å²) in [5.41, 5.74) is 1.22. The number of carbonyl (C=O) groups excluding carboxylic acids is 1. The zero-order valence-electron chi connectivity index (χ0n) is 13.9. The molecule has 1 aromatic carbocycles. The number of ether oxygens (including phenoxy) is 1. The largest absolute Gasteiger partial charge is 0.496 e. The van der Waals surface area contributed by atoms with E-state index < -0.39 is 0 Å². The average Bonchev–Trinajstić information content (AvgIpc) is 3.09. The smallest absolute Gasteiger partial charge is 0.191 e. The molecule has 2 heterocycles. The first kappa shape index (κ1) is 17.1. The minimum atomic E-state index is -0.0193. The van der Waals surface area contributed by atoms with E-state index in [4.69, 9.17) is 4.74 Å². The molecule has 2 aromatic heterocycles. The van der Waals surface area contributed by atoms with Crippen molar-refractivity contribution >= 4 is 17.5 Å². The van der Waals surface area contributed by atoms with Gasteiger partial charge in [-0.2, -0.15) is 0 Å². The Morgan fingerprint density at radius 3 is 2.80 bits per heavy atom. The molecule has 0 unspecified atom stereocenters. The van der Waals surface area contributed by atoms with E-state index in [2.05, 4.69) is 20.2 Å². The Bertz CT molecular complexity index is 866. The second-order valence-corrected chi connectivity index (χ2v) is 6.00. The van der Waals surface area contributed by atoms with Crippen molar-refractivity contribution in [2.75, 3.05) is 12.9 Å². The van der Waals surface area contributed by atoms with Crippen molar-refractivity contribution in [2.45, 2.75) is 18.6 Å². The van der Waals surface area contributed by atoms with E-state index in [0.717, 1.165) is 0 Å². The molecule has 0 bridgehead atoms. The molecule has 25 heavy (non-hydrogen) atoms. The highest BCUT2D eigenvalue weighted by Crippen LogP contribution is 2.25. The lowest BCUT2D eigenvalue weighted by atomic mass is 10.1. The van der Waals surface area contributed by atoms with E-state index in [9.17, 15) is 4.79 Å². The van der Waals surface area contributed by atoms with Crippen LogP contribution in [0, 0.1) is 0 Å².